The molecule has 3 aromatic carbocycles. The molecule has 0 radical (unpaired) electrons. The van der Waals surface area contributed by atoms with Crippen molar-refractivity contribution in [2.24, 2.45) is 0 Å². The van der Waals surface area contributed by atoms with Crippen LogP contribution < -0.4 is 5.32 Å². The minimum atomic E-state index is -4.37. The van der Waals surface area contributed by atoms with Gasteiger partial charge in [0.25, 0.3) is 5.91 Å². The molecule has 0 saturated heterocycles. The summed E-state index contributed by atoms with van der Waals surface area (Å²) in [5.41, 5.74) is 3.58. The van der Waals surface area contributed by atoms with Crippen LogP contribution in [0.4, 0.5) is 13.2 Å². The van der Waals surface area contributed by atoms with E-state index < -0.39 is 11.7 Å². The summed E-state index contributed by atoms with van der Waals surface area (Å²) in [6.45, 7) is 4.11. The predicted octanol–water partition coefficient (Wildman–Crippen LogP) is 6.13. The van der Waals surface area contributed by atoms with E-state index in [0.717, 1.165) is 34.5 Å². The Hall–Kier alpha value is -3.59. The molecule has 0 aliphatic heterocycles. The normalized spacial score (nSPS) is 11.5. The molecule has 0 fully saturated rings. The van der Waals surface area contributed by atoms with Crippen LogP contribution in [0.3, 0.4) is 0 Å². The number of nitrogens with zero attached hydrogens (tertiary/aromatic N) is 3. The maximum atomic E-state index is 12.8. The van der Waals surface area contributed by atoms with Gasteiger partial charge in [0.15, 0.2) is 11.0 Å². The summed E-state index contributed by atoms with van der Waals surface area (Å²) in [5, 5.41) is 12.0. The van der Waals surface area contributed by atoms with Crippen molar-refractivity contribution in [1.29, 1.82) is 0 Å². The van der Waals surface area contributed by atoms with Gasteiger partial charge in [-0.15, -0.1) is 10.2 Å². The highest BCUT2D eigenvalue weighted by Gasteiger charge is 2.30. The van der Waals surface area contributed by atoms with Crippen molar-refractivity contribution in [2.45, 2.75) is 37.5 Å². The first-order valence-corrected chi connectivity index (χ1v) is 11.8. The summed E-state index contributed by atoms with van der Waals surface area (Å²) in [4.78, 5) is 12.7. The quantitative estimate of drug-likeness (QED) is 0.313. The van der Waals surface area contributed by atoms with Gasteiger partial charge < -0.3 is 5.32 Å². The van der Waals surface area contributed by atoms with E-state index in [1.165, 1.54) is 23.9 Å². The Labute approximate surface area is 205 Å². The highest BCUT2D eigenvalue weighted by Crippen LogP contribution is 2.30. The molecule has 9 heteroatoms. The van der Waals surface area contributed by atoms with Crippen molar-refractivity contribution >= 4 is 17.7 Å². The van der Waals surface area contributed by atoms with Crippen LogP contribution in [-0.4, -0.2) is 20.7 Å². The Morgan fingerprint density at radius 2 is 1.66 bits per heavy atom. The molecule has 35 heavy (non-hydrogen) atoms. The maximum Gasteiger partial charge on any atom is 0.416 e. The predicted molar refractivity (Wildman–Crippen MR) is 129 cm³/mol. The Morgan fingerprint density at radius 3 is 2.31 bits per heavy atom. The minimum Gasteiger partial charge on any atom is -0.345 e. The van der Waals surface area contributed by atoms with Crippen LogP contribution in [0.25, 0.3) is 5.69 Å². The zero-order valence-electron chi connectivity index (χ0n) is 19.1. The smallest absolute Gasteiger partial charge is 0.345 e. The molecular weight excluding hydrogens is 473 g/mol. The van der Waals surface area contributed by atoms with E-state index in [0.29, 0.717) is 22.3 Å². The van der Waals surface area contributed by atoms with Crippen molar-refractivity contribution in [3.8, 4) is 5.69 Å². The summed E-state index contributed by atoms with van der Waals surface area (Å²) in [5.74, 6) is 0.746. The Morgan fingerprint density at radius 1 is 0.943 bits per heavy atom. The number of carbonyl (C=O) groups excluding carboxylic acids is 1. The van der Waals surface area contributed by atoms with Crippen LogP contribution in [0.2, 0.25) is 0 Å². The molecule has 4 rings (SSSR count). The molecule has 5 nitrogen and oxygen atoms in total. The monoisotopic (exact) mass is 496 g/mol. The number of amides is 1. The summed E-state index contributed by atoms with van der Waals surface area (Å²) in [7, 11) is 0. The summed E-state index contributed by atoms with van der Waals surface area (Å²) in [6, 6.07) is 20.1. The molecule has 0 atom stereocenters. The van der Waals surface area contributed by atoms with E-state index in [1.807, 2.05) is 60.9 Å². The molecule has 0 aliphatic carbocycles. The van der Waals surface area contributed by atoms with Crippen molar-refractivity contribution < 1.29 is 18.0 Å². The second-order valence-corrected chi connectivity index (χ2v) is 8.98. The van der Waals surface area contributed by atoms with E-state index >= 15 is 0 Å². The maximum absolute atomic E-state index is 12.8. The van der Waals surface area contributed by atoms with Gasteiger partial charge in [0.05, 0.1) is 12.1 Å². The number of thioether (sulfide) groups is 1. The molecule has 1 heterocycles. The average Bonchev–Trinajstić information content (AvgIpc) is 3.26. The average molecular weight is 497 g/mol. The van der Waals surface area contributed by atoms with Gasteiger partial charge in [-0.2, -0.15) is 13.2 Å². The topological polar surface area (TPSA) is 59.8 Å². The fourth-order valence-corrected chi connectivity index (χ4v) is 4.35. The third-order valence-electron chi connectivity index (χ3n) is 5.54. The van der Waals surface area contributed by atoms with Crippen LogP contribution in [0.15, 0.2) is 78.0 Å². The van der Waals surface area contributed by atoms with Gasteiger partial charge in [-0.05, 0) is 66.9 Å². The number of hydrogen-bond donors (Lipinski definition) is 1. The molecule has 0 spiro atoms. The number of benzene rings is 3. The van der Waals surface area contributed by atoms with Gasteiger partial charge in [-0.3, -0.25) is 9.36 Å². The van der Waals surface area contributed by atoms with Crippen LogP contribution in [0.5, 0.6) is 0 Å². The molecule has 1 amide bonds. The highest BCUT2D eigenvalue weighted by molar-refractivity contribution is 7.98. The van der Waals surface area contributed by atoms with E-state index in [9.17, 15) is 18.0 Å². The molecule has 1 N–H and O–H groups in total. The Bertz CT molecular complexity index is 1320. The largest absolute Gasteiger partial charge is 0.416 e. The first kappa shape index (κ1) is 24.5. The lowest BCUT2D eigenvalue weighted by atomic mass is 10.1. The molecule has 0 saturated carbocycles. The number of aryl methyl sites for hydroxylation is 2. The van der Waals surface area contributed by atoms with Gasteiger partial charge in [0.1, 0.15) is 0 Å². The van der Waals surface area contributed by atoms with Crippen molar-refractivity contribution in [3.05, 3.63) is 106 Å². The number of alkyl halides is 3. The highest BCUT2D eigenvalue weighted by atomic mass is 32.2. The van der Waals surface area contributed by atoms with Crippen molar-refractivity contribution in [2.75, 3.05) is 0 Å². The van der Waals surface area contributed by atoms with Gasteiger partial charge >= 0.3 is 6.18 Å². The molecule has 0 aliphatic rings. The number of halogens is 3. The second kappa shape index (κ2) is 10.4. The zero-order chi connectivity index (χ0) is 25.0. The molecule has 0 unspecified atom stereocenters. The lowest BCUT2D eigenvalue weighted by Crippen LogP contribution is -2.24. The summed E-state index contributed by atoms with van der Waals surface area (Å²) < 4.78 is 40.3. The zero-order valence-corrected chi connectivity index (χ0v) is 20.0. The lowest BCUT2D eigenvalue weighted by molar-refractivity contribution is -0.137. The van der Waals surface area contributed by atoms with Gasteiger partial charge in [-0.1, -0.05) is 48.2 Å². The van der Waals surface area contributed by atoms with E-state index in [2.05, 4.69) is 15.5 Å². The van der Waals surface area contributed by atoms with Crippen LogP contribution >= 0.6 is 11.8 Å². The second-order valence-electron chi connectivity index (χ2n) is 8.03. The molecule has 1 aromatic heterocycles. The fourth-order valence-electron chi connectivity index (χ4n) is 3.43. The number of carbonyl (C=O) groups is 1. The van der Waals surface area contributed by atoms with Crippen molar-refractivity contribution in [1.82, 2.24) is 20.1 Å². The number of hydrogen-bond acceptors (Lipinski definition) is 4. The minimum absolute atomic E-state index is 0.161. The first-order chi connectivity index (χ1) is 16.7. The van der Waals surface area contributed by atoms with Crippen LogP contribution in [0, 0.1) is 13.8 Å². The van der Waals surface area contributed by atoms with Gasteiger partial charge in [0.2, 0.25) is 0 Å². The third kappa shape index (κ3) is 5.92. The standard InChI is InChI=1S/C26H23F3N4OS/c1-17-8-11-20(14-18(17)2)24(34)30-15-23-31-32-25(33(23)22-6-4-3-5-7-22)35-16-19-9-12-21(13-10-19)26(27,28)29/h3-14H,15-16H2,1-2H3,(H,30,34). The third-order valence-corrected chi connectivity index (χ3v) is 6.54. The number of nitrogens with one attached hydrogen (secondary N) is 1. The van der Waals surface area contributed by atoms with E-state index in [4.69, 9.17) is 0 Å². The van der Waals surface area contributed by atoms with Crippen LogP contribution in [0.1, 0.15) is 38.4 Å². The lowest BCUT2D eigenvalue weighted by Gasteiger charge is -2.12. The van der Waals surface area contributed by atoms with Crippen molar-refractivity contribution in [3.63, 3.8) is 0 Å². The number of aromatic nitrogens is 3. The van der Waals surface area contributed by atoms with Gasteiger partial charge in [0, 0.05) is 17.0 Å². The van der Waals surface area contributed by atoms with E-state index in [-0.39, 0.29) is 12.5 Å². The first-order valence-electron chi connectivity index (χ1n) is 10.9. The molecular formula is C26H23F3N4OS. The Balaban J connectivity index is 1.52. The SMILES string of the molecule is Cc1ccc(C(=O)NCc2nnc(SCc3ccc(C(F)(F)F)cc3)n2-c2ccccc2)cc1C. The Kier molecular flexibility index (Phi) is 7.25. The van der Waals surface area contributed by atoms with Gasteiger partial charge in [-0.25, -0.2) is 0 Å². The summed E-state index contributed by atoms with van der Waals surface area (Å²) >= 11 is 1.36. The van der Waals surface area contributed by atoms with Crippen LogP contribution in [-0.2, 0) is 18.5 Å². The molecule has 0 bridgehead atoms. The molecule has 4 aromatic rings. The number of rotatable bonds is 7. The molecule has 180 valence electrons. The number of para-hydroxylation sites is 1. The fraction of sp³-hybridized carbons (Fsp3) is 0.192. The van der Waals surface area contributed by atoms with E-state index in [1.54, 1.807) is 6.07 Å². The summed E-state index contributed by atoms with van der Waals surface area (Å²) in [6.07, 6.45) is -4.37.